The highest BCUT2D eigenvalue weighted by molar-refractivity contribution is 5.79. The van der Waals surface area contributed by atoms with Crippen molar-refractivity contribution in [2.45, 2.75) is 0 Å². The van der Waals surface area contributed by atoms with Gasteiger partial charge in [0.15, 0.2) is 0 Å². The zero-order valence-electron chi connectivity index (χ0n) is 10.9. The highest BCUT2D eigenvalue weighted by atomic mass is 16.5. The first kappa shape index (κ1) is 11.7. The Hall–Kier alpha value is -3.15. The molecular formula is C15H10N4O2. The maximum Gasteiger partial charge on any atom is 0.343 e. The number of para-hydroxylation sites is 2. The molecule has 6 heteroatoms. The molecule has 21 heavy (non-hydrogen) atoms. The lowest BCUT2D eigenvalue weighted by atomic mass is 10.2. The lowest BCUT2D eigenvalue weighted by Gasteiger charge is -1.98. The second-order valence-corrected chi connectivity index (χ2v) is 4.52. The Bertz CT molecular complexity index is 989. The summed E-state index contributed by atoms with van der Waals surface area (Å²) in [5.74, 6) is 0.990. The molecule has 102 valence electrons. The van der Waals surface area contributed by atoms with Gasteiger partial charge >= 0.3 is 6.01 Å². The standard InChI is InChI=1S/C15H10N4O2/c20-13-11-8-4-5-9-12(11)19-14(16-13)17-15(18-19)21-10-6-2-1-3-7-10/h1-9H,(H,16,17,18,20). The van der Waals surface area contributed by atoms with Crippen LogP contribution in [0.25, 0.3) is 16.7 Å². The molecule has 2 aromatic carbocycles. The topological polar surface area (TPSA) is 72.3 Å². The minimum absolute atomic E-state index is 0.188. The molecule has 0 aliphatic carbocycles. The fraction of sp³-hybridized carbons (Fsp3) is 0. The van der Waals surface area contributed by atoms with Gasteiger partial charge in [-0.3, -0.25) is 9.78 Å². The number of hydrogen-bond donors (Lipinski definition) is 1. The molecule has 0 unspecified atom stereocenters. The number of aromatic nitrogens is 4. The van der Waals surface area contributed by atoms with Crippen molar-refractivity contribution in [3.63, 3.8) is 0 Å². The van der Waals surface area contributed by atoms with Crippen LogP contribution < -0.4 is 10.3 Å². The molecule has 0 spiro atoms. The van der Waals surface area contributed by atoms with E-state index in [1.54, 1.807) is 10.6 Å². The summed E-state index contributed by atoms with van der Waals surface area (Å²) in [5.41, 5.74) is 0.489. The third kappa shape index (κ3) is 1.93. The van der Waals surface area contributed by atoms with Gasteiger partial charge in [-0.2, -0.15) is 9.50 Å². The number of fused-ring (bicyclic) bond motifs is 3. The van der Waals surface area contributed by atoms with Crippen molar-refractivity contribution < 1.29 is 4.74 Å². The lowest BCUT2D eigenvalue weighted by Crippen LogP contribution is -2.10. The lowest BCUT2D eigenvalue weighted by molar-refractivity contribution is 0.443. The summed E-state index contributed by atoms with van der Waals surface area (Å²) in [6.45, 7) is 0. The van der Waals surface area contributed by atoms with E-state index in [1.807, 2.05) is 48.5 Å². The fourth-order valence-electron chi connectivity index (χ4n) is 2.20. The highest BCUT2D eigenvalue weighted by Gasteiger charge is 2.10. The number of rotatable bonds is 2. The van der Waals surface area contributed by atoms with E-state index in [0.29, 0.717) is 22.4 Å². The van der Waals surface area contributed by atoms with Crippen LogP contribution in [0.4, 0.5) is 0 Å². The van der Waals surface area contributed by atoms with Gasteiger partial charge < -0.3 is 4.74 Å². The zero-order valence-corrected chi connectivity index (χ0v) is 10.9. The number of ether oxygens (including phenoxy) is 1. The van der Waals surface area contributed by atoms with E-state index in [-0.39, 0.29) is 11.6 Å². The van der Waals surface area contributed by atoms with E-state index in [2.05, 4.69) is 15.1 Å². The predicted octanol–water partition coefficient (Wildman–Crippen LogP) is 2.36. The number of aromatic amines is 1. The zero-order chi connectivity index (χ0) is 14.2. The van der Waals surface area contributed by atoms with Crippen LogP contribution in [-0.4, -0.2) is 19.6 Å². The number of H-pyrrole nitrogens is 1. The Labute approximate surface area is 118 Å². The molecule has 0 aliphatic rings. The Morgan fingerprint density at radius 3 is 2.62 bits per heavy atom. The first-order chi connectivity index (χ1) is 10.3. The van der Waals surface area contributed by atoms with Crippen molar-refractivity contribution in [2.75, 3.05) is 0 Å². The van der Waals surface area contributed by atoms with Gasteiger partial charge in [0.05, 0.1) is 10.9 Å². The monoisotopic (exact) mass is 278 g/mol. The average molecular weight is 278 g/mol. The second-order valence-electron chi connectivity index (χ2n) is 4.52. The first-order valence-electron chi connectivity index (χ1n) is 6.42. The third-order valence-corrected chi connectivity index (χ3v) is 3.14. The first-order valence-corrected chi connectivity index (χ1v) is 6.42. The largest absolute Gasteiger partial charge is 0.423 e. The highest BCUT2D eigenvalue weighted by Crippen LogP contribution is 2.18. The molecule has 1 N–H and O–H groups in total. The smallest absolute Gasteiger partial charge is 0.343 e. The number of nitrogens with zero attached hydrogens (tertiary/aromatic N) is 3. The minimum Gasteiger partial charge on any atom is -0.423 e. The number of benzene rings is 2. The van der Waals surface area contributed by atoms with Gasteiger partial charge in [-0.15, -0.1) is 5.10 Å². The molecule has 0 amide bonds. The van der Waals surface area contributed by atoms with Gasteiger partial charge in [0.25, 0.3) is 5.56 Å². The number of hydrogen-bond acceptors (Lipinski definition) is 4. The Kier molecular flexibility index (Phi) is 2.47. The van der Waals surface area contributed by atoms with Crippen LogP contribution in [-0.2, 0) is 0 Å². The van der Waals surface area contributed by atoms with Crippen LogP contribution in [0.2, 0.25) is 0 Å². The van der Waals surface area contributed by atoms with Crippen molar-refractivity contribution in [3.05, 3.63) is 65.0 Å². The van der Waals surface area contributed by atoms with E-state index < -0.39 is 0 Å². The molecule has 0 atom stereocenters. The van der Waals surface area contributed by atoms with Gasteiger partial charge in [-0.05, 0) is 24.3 Å². The van der Waals surface area contributed by atoms with Gasteiger partial charge in [-0.25, -0.2) is 0 Å². The summed E-state index contributed by atoms with van der Waals surface area (Å²) in [7, 11) is 0. The molecule has 0 bridgehead atoms. The predicted molar refractivity (Wildman–Crippen MR) is 77.6 cm³/mol. The maximum atomic E-state index is 12.0. The molecule has 0 fully saturated rings. The average Bonchev–Trinajstić information content (AvgIpc) is 2.91. The molecule has 0 saturated carbocycles. The quantitative estimate of drug-likeness (QED) is 0.611. The molecule has 0 saturated heterocycles. The van der Waals surface area contributed by atoms with Crippen molar-refractivity contribution >= 4 is 16.7 Å². The van der Waals surface area contributed by atoms with Crippen molar-refractivity contribution in [3.8, 4) is 11.8 Å². The van der Waals surface area contributed by atoms with E-state index in [4.69, 9.17) is 4.74 Å². The van der Waals surface area contributed by atoms with E-state index in [0.717, 1.165) is 0 Å². The molecule has 6 nitrogen and oxygen atoms in total. The molecule has 2 heterocycles. The third-order valence-electron chi connectivity index (χ3n) is 3.14. The van der Waals surface area contributed by atoms with Crippen molar-refractivity contribution in [2.24, 2.45) is 0 Å². The van der Waals surface area contributed by atoms with Gasteiger partial charge in [0.2, 0.25) is 5.78 Å². The van der Waals surface area contributed by atoms with E-state index >= 15 is 0 Å². The molecule has 4 aromatic rings. The summed E-state index contributed by atoms with van der Waals surface area (Å²) >= 11 is 0. The van der Waals surface area contributed by atoms with Crippen LogP contribution in [0.5, 0.6) is 11.8 Å². The summed E-state index contributed by atoms with van der Waals surface area (Å²) in [6, 6.07) is 16.7. The van der Waals surface area contributed by atoms with Crippen LogP contribution in [0.1, 0.15) is 0 Å². The summed E-state index contributed by atoms with van der Waals surface area (Å²) < 4.78 is 7.15. The summed E-state index contributed by atoms with van der Waals surface area (Å²) in [4.78, 5) is 18.9. The molecule has 4 rings (SSSR count). The Morgan fingerprint density at radius 1 is 1.00 bits per heavy atom. The van der Waals surface area contributed by atoms with Crippen molar-refractivity contribution in [1.29, 1.82) is 0 Å². The molecule has 0 radical (unpaired) electrons. The van der Waals surface area contributed by atoms with Gasteiger partial charge in [-0.1, -0.05) is 30.3 Å². The van der Waals surface area contributed by atoms with E-state index in [9.17, 15) is 4.79 Å². The van der Waals surface area contributed by atoms with Crippen LogP contribution >= 0.6 is 0 Å². The van der Waals surface area contributed by atoms with Crippen LogP contribution in [0.3, 0.4) is 0 Å². The molecule has 2 aromatic heterocycles. The summed E-state index contributed by atoms with van der Waals surface area (Å²) in [5, 5.41) is 4.85. The normalized spacial score (nSPS) is 11.0. The van der Waals surface area contributed by atoms with Crippen molar-refractivity contribution in [1.82, 2.24) is 19.6 Å². The van der Waals surface area contributed by atoms with Gasteiger partial charge in [0, 0.05) is 0 Å². The Balaban J connectivity index is 1.90. The summed E-state index contributed by atoms with van der Waals surface area (Å²) in [6.07, 6.45) is 0. The van der Waals surface area contributed by atoms with Gasteiger partial charge in [0.1, 0.15) is 5.75 Å². The minimum atomic E-state index is -0.197. The fourth-order valence-corrected chi connectivity index (χ4v) is 2.20. The second kappa shape index (κ2) is 4.45. The molecule has 0 aliphatic heterocycles. The van der Waals surface area contributed by atoms with Crippen LogP contribution in [0.15, 0.2) is 59.4 Å². The SMILES string of the molecule is O=c1[nH]c2nc(Oc3ccccc3)nn2c2ccccc12. The Morgan fingerprint density at radius 2 is 1.76 bits per heavy atom. The van der Waals surface area contributed by atoms with Crippen LogP contribution in [0, 0.1) is 0 Å². The maximum absolute atomic E-state index is 12.0. The van der Waals surface area contributed by atoms with E-state index in [1.165, 1.54) is 0 Å². The molecular weight excluding hydrogens is 268 g/mol. The number of nitrogens with one attached hydrogen (secondary N) is 1.